The Morgan fingerprint density at radius 2 is 0.683 bits per heavy atom. The molecule has 0 fully saturated rings. The Labute approximate surface area is 347 Å². The third-order valence-corrected chi connectivity index (χ3v) is 12.3. The summed E-state index contributed by atoms with van der Waals surface area (Å²) in [7, 11) is 0. The maximum Gasteiger partial charge on any atom is 0.143 e. The van der Waals surface area contributed by atoms with Crippen LogP contribution in [-0.2, 0) is 0 Å². The van der Waals surface area contributed by atoms with E-state index in [0.717, 1.165) is 61.3 Å². The normalized spacial score (nSPS) is 11.7. The summed E-state index contributed by atoms with van der Waals surface area (Å²) in [6, 6.07) is 81.1. The molecule has 60 heavy (non-hydrogen) atoms. The molecule has 0 aliphatic rings. The minimum absolute atomic E-state index is 0.902. The van der Waals surface area contributed by atoms with Crippen LogP contribution in [0.4, 0.5) is 17.1 Å². The van der Waals surface area contributed by atoms with Crippen LogP contribution in [0.3, 0.4) is 0 Å². The average molecular weight is 764 g/mol. The van der Waals surface area contributed by atoms with E-state index in [2.05, 4.69) is 229 Å². The number of hydrogen-bond acceptors (Lipinski definition) is 2. The second kappa shape index (κ2) is 13.9. The van der Waals surface area contributed by atoms with Crippen molar-refractivity contribution >= 4 is 82.1 Å². The zero-order valence-electron chi connectivity index (χ0n) is 32.7. The van der Waals surface area contributed by atoms with Gasteiger partial charge >= 0.3 is 0 Å². The summed E-state index contributed by atoms with van der Waals surface area (Å²) < 4.78 is 6.80. The van der Waals surface area contributed by atoms with Crippen LogP contribution >= 0.6 is 0 Å². The first kappa shape index (κ1) is 34.1. The van der Waals surface area contributed by atoms with Gasteiger partial charge in [-0.3, -0.25) is 0 Å². The lowest BCUT2D eigenvalue weighted by Gasteiger charge is -2.26. The molecule has 0 amide bonds. The summed E-state index contributed by atoms with van der Waals surface area (Å²) in [5.41, 5.74) is 11.9. The van der Waals surface area contributed by atoms with Crippen molar-refractivity contribution in [2.45, 2.75) is 0 Å². The molecule has 0 atom stereocenters. The van der Waals surface area contributed by atoms with Crippen molar-refractivity contribution in [3.63, 3.8) is 0 Å². The van der Waals surface area contributed by atoms with Crippen molar-refractivity contribution in [3.8, 4) is 33.4 Å². The Balaban J connectivity index is 0.981. The van der Waals surface area contributed by atoms with Gasteiger partial charge in [-0.05, 0) is 102 Å². The first-order valence-corrected chi connectivity index (χ1v) is 20.6. The molecule has 0 spiro atoms. The smallest absolute Gasteiger partial charge is 0.143 e. The van der Waals surface area contributed by atoms with Gasteiger partial charge in [-0.1, -0.05) is 188 Å². The van der Waals surface area contributed by atoms with Crippen molar-refractivity contribution in [2.24, 2.45) is 0 Å². The van der Waals surface area contributed by atoms with Gasteiger partial charge in [-0.25, -0.2) is 0 Å². The van der Waals surface area contributed by atoms with Gasteiger partial charge in [0, 0.05) is 39.0 Å². The number of nitrogens with zero attached hydrogens (tertiary/aromatic N) is 1. The highest BCUT2D eigenvalue weighted by Crippen LogP contribution is 2.43. The molecule has 0 saturated heterocycles. The molecule has 12 aromatic rings. The average Bonchev–Trinajstić information content (AvgIpc) is 3.71. The van der Waals surface area contributed by atoms with Gasteiger partial charge in [0.25, 0.3) is 0 Å². The van der Waals surface area contributed by atoms with Crippen LogP contribution in [0.5, 0.6) is 0 Å². The third kappa shape index (κ3) is 5.57. The summed E-state index contributed by atoms with van der Waals surface area (Å²) >= 11 is 0. The number of fused-ring (bicyclic) bond motifs is 9. The Hall–Kier alpha value is -7.94. The van der Waals surface area contributed by atoms with Gasteiger partial charge < -0.3 is 9.32 Å². The van der Waals surface area contributed by atoms with Gasteiger partial charge in [-0.15, -0.1) is 0 Å². The highest BCUT2D eigenvalue weighted by Gasteiger charge is 2.18. The van der Waals surface area contributed by atoms with Crippen LogP contribution in [0, 0.1) is 0 Å². The molecule has 12 rings (SSSR count). The predicted octanol–water partition coefficient (Wildman–Crippen LogP) is 16.7. The van der Waals surface area contributed by atoms with Crippen LogP contribution in [0.1, 0.15) is 0 Å². The van der Waals surface area contributed by atoms with Gasteiger partial charge in [-0.2, -0.15) is 0 Å². The van der Waals surface area contributed by atoms with E-state index in [4.69, 9.17) is 4.42 Å². The number of anilines is 3. The summed E-state index contributed by atoms with van der Waals surface area (Å²) in [6.07, 6.45) is 0. The van der Waals surface area contributed by atoms with Crippen LogP contribution in [0.15, 0.2) is 229 Å². The maximum atomic E-state index is 6.80. The Bertz CT molecular complexity index is 3580. The lowest BCUT2D eigenvalue weighted by molar-refractivity contribution is 0.671. The standard InChI is InChI=1S/C58H37NO/c1-2-11-38(12-3-1)50-18-9-21-54-55-22-10-19-51(58(55)60-57(50)54)42-27-33-45(34-28-42)59(46-35-29-43-24-23-39-13-5-7-16-49(39)56(43)37-46)44-31-25-41(26-32-44)48-17-8-20-52-47-15-6-4-14-40(47)30-36-53(48)52/h1-37H. The van der Waals surface area contributed by atoms with Crippen molar-refractivity contribution in [2.75, 3.05) is 4.90 Å². The molecule has 0 radical (unpaired) electrons. The number of benzene rings is 11. The summed E-state index contributed by atoms with van der Waals surface area (Å²) in [4.78, 5) is 2.37. The molecule has 2 heteroatoms. The number of rotatable bonds is 6. The molecule has 0 N–H and O–H groups in total. The van der Waals surface area contributed by atoms with Crippen molar-refractivity contribution < 1.29 is 4.42 Å². The first-order chi connectivity index (χ1) is 29.7. The molecular weight excluding hydrogens is 727 g/mol. The largest absolute Gasteiger partial charge is 0.455 e. The fourth-order valence-electron chi connectivity index (χ4n) is 9.34. The minimum Gasteiger partial charge on any atom is -0.455 e. The van der Waals surface area contributed by atoms with Crippen molar-refractivity contribution in [1.29, 1.82) is 0 Å². The van der Waals surface area contributed by atoms with E-state index in [9.17, 15) is 0 Å². The van der Waals surface area contributed by atoms with E-state index in [1.54, 1.807) is 0 Å². The minimum atomic E-state index is 0.902. The molecule has 0 aliphatic carbocycles. The second-order valence-electron chi connectivity index (χ2n) is 15.6. The first-order valence-electron chi connectivity index (χ1n) is 20.6. The Morgan fingerprint density at radius 3 is 1.32 bits per heavy atom. The van der Waals surface area contributed by atoms with Crippen LogP contribution in [0.25, 0.3) is 98.4 Å². The van der Waals surface area contributed by atoms with Gasteiger partial charge in [0.1, 0.15) is 11.2 Å². The molecule has 0 bridgehead atoms. The summed E-state index contributed by atoms with van der Waals surface area (Å²) in [5.74, 6) is 0. The molecule has 0 unspecified atom stereocenters. The quantitative estimate of drug-likeness (QED) is 0.157. The Morgan fingerprint density at radius 1 is 0.250 bits per heavy atom. The summed E-state index contributed by atoms with van der Waals surface area (Å²) in [5, 5.41) is 12.3. The van der Waals surface area contributed by atoms with Gasteiger partial charge in [0.2, 0.25) is 0 Å². The number of para-hydroxylation sites is 2. The molecule has 2 nitrogen and oxygen atoms in total. The molecule has 0 aliphatic heterocycles. The van der Waals surface area contributed by atoms with Crippen LogP contribution in [-0.4, -0.2) is 0 Å². The predicted molar refractivity (Wildman–Crippen MR) is 255 cm³/mol. The monoisotopic (exact) mass is 763 g/mol. The van der Waals surface area contributed by atoms with Gasteiger partial charge in [0.15, 0.2) is 0 Å². The number of furan rings is 1. The molecule has 11 aromatic carbocycles. The fraction of sp³-hybridized carbons (Fsp3) is 0. The Kier molecular flexibility index (Phi) is 7.89. The fourth-order valence-corrected chi connectivity index (χ4v) is 9.34. The third-order valence-electron chi connectivity index (χ3n) is 12.3. The second-order valence-corrected chi connectivity index (χ2v) is 15.6. The zero-order chi connectivity index (χ0) is 39.6. The van der Waals surface area contributed by atoms with Crippen molar-refractivity contribution in [1.82, 2.24) is 0 Å². The highest BCUT2D eigenvalue weighted by atomic mass is 16.3. The molecular formula is C58H37NO. The van der Waals surface area contributed by atoms with E-state index in [0.29, 0.717) is 0 Å². The summed E-state index contributed by atoms with van der Waals surface area (Å²) in [6.45, 7) is 0. The van der Waals surface area contributed by atoms with Gasteiger partial charge in [0.05, 0.1) is 0 Å². The van der Waals surface area contributed by atoms with E-state index < -0.39 is 0 Å². The van der Waals surface area contributed by atoms with Crippen LogP contribution in [0.2, 0.25) is 0 Å². The van der Waals surface area contributed by atoms with Crippen molar-refractivity contribution in [3.05, 3.63) is 224 Å². The van der Waals surface area contributed by atoms with E-state index in [-0.39, 0.29) is 0 Å². The number of hydrogen-bond donors (Lipinski definition) is 0. The molecule has 0 saturated carbocycles. The topological polar surface area (TPSA) is 16.4 Å². The SMILES string of the molecule is c1ccc(-c2cccc3c2oc2c(-c4ccc(N(c5ccc(-c6cccc7c6ccc6ccccc67)cc5)c5ccc6ccc7ccccc7c6c5)cc4)cccc23)cc1. The van der Waals surface area contributed by atoms with E-state index in [1.807, 2.05) is 0 Å². The molecule has 1 heterocycles. The lowest BCUT2D eigenvalue weighted by Crippen LogP contribution is -2.10. The molecule has 280 valence electrons. The van der Waals surface area contributed by atoms with Crippen LogP contribution < -0.4 is 4.90 Å². The van der Waals surface area contributed by atoms with E-state index in [1.165, 1.54) is 54.2 Å². The zero-order valence-corrected chi connectivity index (χ0v) is 32.7. The molecule has 1 aromatic heterocycles. The lowest BCUT2D eigenvalue weighted by atomic mass is 9.94. The van der Waals surface area contributed by atoms with E-state index >= 15 is 0 Å². The highest BCUT2D eigenvalue weighted by molar-refractivity contribution is 6.14. The maximum absolute atomic E-state index is 6.80.